The summed E-state index contributed by atoms with van der Waals surface area (Å²) >= 11 is 1.09. The van der Waals surface area contributed by atoms with Gasteiger partial charge in [0.15, 0.2) is 0 Å². The van der Waals surface area contributed by atoms with Crippen LogP contribution in [-0.4, -0.2) is 22.6 Å². The standard InChI is InChI=1S/C19H19N3O2S/c1-11-9-12(2)16(13(3)10-11)20-19(23)18-17(21-22-25-18)14-5-7-15(24-4)8-6-14/h5-10H,1-4H3,(H,20,23). The monoisotopic (exact) mass is 353 g/mol. The summed E-state index contributed by atoms with van der Waals surface area (Å²) in [5.41, 5.74) is 5.49. The first kappa shape index (κ1) is 17.1. The van der Waals surface area contributed by atoms with Crippen LogP contribution in [0.4, 0.5) is 5.69 Å². The largest absolute Gasteiger partial charge is 0.497 e. The molecule has 0 aliphatic rings. The molecule has 0 fully saturated rings. The number of carbonyl (C=O) groups is 1. The molecule has 3 rings (SSSR count). The van der Waals surface area contributed by atoms with Gasteiger partial charge in [0.1, 0.15) is 16.3 Å². The molecule has 1 amide bonds. The van der Waals surface area contributed by atoms with Crippen LogP contribution in [0.15, 0.2) is 36.4 Å². The summed E-state index contributed by atoms with van der Waals surface area (Å²) in [7, 11) is 1.62. The van der Waals surface area contributed by atoms with E-state index in [1.165, 1.54) is 5.56 Å². The molecular weight excluding hydrogens is 334 g/mol. The van der Waals surface area contributed by atoms with Crippen molar-refractivity contribution in [3.63, 3.8) is 0 Å². The number of aromatic nitrogens is 2. The number of anilines is 1. The van der Waals surface area contributed by atoms with Crippen LogP contribution in [0.3, 0.4) is 0 Å². The molecule has 0 aliphatic carbocycles. The molecule has 0 unspecified atom stereocenters. The first-order valence-electron chi connectivity index (χ1n) is 7.85. The molecule has 0 saturated heterocycles. The molecule has 2 aromatic carbocycles. The second-order valence-corrected chi connectivity index (χ2v) is 6.66. The molecule has 3 aromatic rings. The topological polar surface area (TPSA) is 64.1 Å². The average molecular weight is 353 g/mol. The third-order valence-electron chi connectivity index (χ3n) is 3.97. The zero-order valence-electron chi connectivity index (χ0n) is 14.6. The zero-order chi connectivity index (χ0) is 18.0. The van der Waals surface area contributed by atoms with Crippen molar-refractivity contribution in [3.8, 4) is 17.0 Å². The Balaban J connectivity index is 1.90. The van der Waals surface area contributed by atoms with Crippen molar-refractivity contribution in [2.45, 2.75) is 20.8 Å². The maximum absolute atomic E-state index is 12.8. The average Bonchev–Trinajstić information content (AvgIpc) is 3.07. The predicted octanol–water partition coefficient (Wildman–Crippen LogP) is 4.39. The molecule has 0 atom stereocenters. The number of ether oxygens (including phenoxy) is 1. The van der Waals surface area contributed by atoms with Crippen molar-refractivity contribution in [2.24, 2.45) is 0 Å². The highest BCUT2D eigenvalue weighted by Gasteiger charge is 2.19. The first-order chi connectivity index (χ1) is 12.0. The van der Waals surface area contributed by atoms with Crippen molar-refractivity contribution in [1.82, 2.24) is 9.59 Å². The molecule has 0 bridgehead atoms. The first-order valence-corrected chi connectivity index (χ1v) is 8.63. The Kier molecular flexibility index (Phi) is 4.81. The Morgan fingerprint density at radius 1 is 1.08 bits per heavy atom. The number of amides is 1. The summed E-state index contributed by atoms with van der Waals surface area (Å²) in [4.78, 5) is 13.3. The molecule has 1 aromatic heterocycles. The normalized spacial score (nSPS) is 10.6. The van der Waals surface area contributed by atoms with Gasteiger partial charge in [-0.05, 0) is 67.7 Å². The van der Waals surface area contributed by atoms with E-state index in [2.05, 4.69) is 27.0 Å². The highest BCUT2D eigenvalue weighted by atomic mass is 32.1. The Morgan fingerprint density at radius 2 is 1.72 bits per heavy atom. The Hall–Kier alpha value is -2.73. The summed E-state index contributed by atoms with van der Waals surface area (Å²) < 4.78 is 9.13. The molecule has 128 valence electrons. The number of hydrogen-bond donors (Lipinski definition) is 1. The van der Waals surface area contributed by atoms with Gasteiger partial charge < -0.3 is 10.1 Å². The summed E-state index contributed by atoms with van der Waals surface area (Å²) in [5, 5.41) is 7.14. The molecule has 0 saturated carbocycles. The van der Waals surface area contributed by atoms with Crippen molar-refractivity contribution in [3.05, 3.63) is 58.0 Å². The summed E-state index contributed by atoms with van der Waals surface area (Å²) in [5.74, 6) is 0.555. The smallest absolute Gasteiger partial charge is 0.269 e. The number of benzene rings is 2. The molecule has 1 N–H and O–H groups in total. The van der Waals surface area contributed by atoms with E-state index in [-0.39, 0.29) is 5.91 Å². The molecule has 0 aliphatic heterocycles. The summed E-state index contributed by atoms with van der Waals surface area (Å²) in [6, 6.07) is 11.5. The second-order valence-electron chi connectivity index (χ2n) is 5.91. The Labute approximate surface area is 150 Å². The van der Waals surface area contributed by atoms with Crippen LogP contribution in [0.5, 0.6) is 5.75 Å². The molecule has 1 heterocycles. The number of rotatable bonds is 4. The van der Waals surface area contributed by atoms with Crippen LogP contribution in [0.2, 0.25) is 0 Å². The van der Waals surface area contributed by atoms with Gasteiger partial charge in [-0.1, -0.05) is 22.2 Å². The van der Waals surface area contributed by atoms with E-state index in [0.29, 0.717) is 10.6 Å². The van der Waals surface area contributed by atoms with E-state index >= 15 is 0 Å². The number of carbonyl (C=O) groups excluding carboxylic acids is 1. The molecule has 25 heavy (non-hydrogen) atoms. The third kappa shape index (κ3) is 3.53. The Morgan fingerprint density at radius 3 is 2.32 bits per heavy atom. The van der Waals surface area contributed by atoms with E-state index in [9.17, 15) is 4.79 Å². The van der Waals surface area contributed by atoms with E-state index in [4.69, 9.17) is 4.74 Å². The van der Waals surface area contributed by atoms with Crippen LogP contribution in [0.25, 0.3) is 11.3 Å². The van der Waals surface area contributed by atoms with Gasteiger partial charge in [-0.15, -0.1) is 5.10 Å². The number of methoxy groups -OCH3 is 1. The van der Waals surface area contributed by atoms with Crippen LogP contribution < -0.4 is 10.1 Å². The zero-order valence-corrected chi connectivity index (χ0v) is 15.4. The number of aryl methyl sites for hydroxylation is 3. The highest BCUT2D eigenvalue weighted by molar-refractivity contribution is 7.08. The minimum atomic E-state index is -0.198. The maximum atomic E-state index is 12.8. The van der Waals surface area contributed by atoms with Crippen LogP contribution >= 0.6 is 11.5 Å². The maximum Gasteiger partial charge on any atom is 0.269 e. The lowest BCUT2D eigenvalue weighted by Gasteiger charge is -2.12. The van der Waals surface area contributed by atoms with Crippen molar-refractivity contribution < 1.29 is 9.53 Å². The third-order valence-corrected chi connectivity index (χ3v) is 4.70. The molecule has 5 nitrogen and oxygen atoms in total. The molecule has 0 radical (unpaired) electrons. The van der Waals surface area contributed by atoms with Crippen LogP contribution in [0.1, 0.15) is 26.4 Å². The molecular formula is C19H19N3O2S. The molecule has 6 heteroatoms. The number of hydrogen-bond acceptors (Lipinski definition) is 5. The van der Waals surface area contributed by atoms with Gasteiger partial charge in [0.05, 0.1) is 7.11 Å². The minimum Gasteiger partial charge on any atom is -0.497 e. The van der Waals surface area contributed by atoms with Gasteiger partial charge >= 0.3 is 0 Å². The van der Waals surface area contributed by atoms with Gasteiger partial charge in [0, 0.05) is 11.3 Å². The lowest BCUT2D eigenvalue weighted by molar-refractivity contribution is 0.103. The van der Waals surface area contributed by atoms with Gasteiger partial charge in [-0.2, -0.15) is 0 Å². The lowest BCUT2D eigenvalue weighted by atomic mass is 10.0. The van der Waals surface area contributed by atoms with Gasteiger partial charge in [-0.25, -0.2) is 0 Å². The van der Waals surface area contributed by atoms with Crippen molar-refractivity contribution in [1.29, 1.82) is 0 Å². The van der Waals surface area contributed by atoms with Crippen LogP contribution in [0, 0.1) is 20.8 Å². The van der Waals surface area contributed by atoms with Gasteiger partial charge in [0.25, 0.3) is 5.91 Å². The van der Waals surface area contributed by atoms with E-state index in [1.54, 1.807) is 7.11 Å². The SMILES string of the molecule is COc1ccc(-c2nnsc2C(=O)Nc2c(C)cc(C)cc2C)cc1. The minimum absolute atomic E-state index is 0.198. The fourth-order valence-electron chi connectivity index (χ4n) is 2.82. The van der Waals surface area contributed by atoms with E-state index in [0.717, 1.165) is 39.7 Å². The summed E-state index contributed by atoms with van der Waals surface area (Å²) in [6.07, 6.45) is 0. The quantitative estimate of drug-likeness (QED) is 0.755. The number of nitrogens with zero attached hydrogens (tertiary/aromatic N) is 2. The van der Waals surface area contributed by atoms with Crippen molar-refractivity contribution >= 4 is 23.1 Å². The predicted molar refractivity (Wildman–Crippen MR) is 101 cm³/mol. The highest BCUT2D eigenvalue weighted by Crippen LogP contribution is 2.28. The van der Waals surface area contributed by atoms with Crippen LogP contribution in [-0.2, 0) is 0 Å². The number of nitrogens with one attached hydrogen (secondary N) is 1. The van der Waals surface area contributed by atoms with E-state index in [1.807, 2.05) is 45.0 Å². The fourth-order valence-corrected chi connectivity index (χ4v) is 3.41. The van der Waals surface area contributed by atoms with Gasteiger partial charge in [-0.3, -0.25) is 4.79 Å². The fraction of sp³-hybridized carbons (Fsp3) is 0.211. The summed E-state index contributed by atoms with van der Waals surface area (Å²) in [6.45, 7) is 6.02. The molecule has 0 spiro atoms. The second kappa shape index (κ2) is 7.03. The van der Waals surface area contributed by atoms with E-state index < -0.39 is 0 Å². The lowest BCUT2D eigenvalue weighted by Crippen LogP contribution is -2.13. The van der Waals surface area contributed by atoms with Gasteiger partial charge in [0.2, 0.25) is 0 Å². The van der Waals surface area contributed by atoms with Crippen molar-refractivity contribution in [2.75, 3.05) is 12.4 Å². The Bertz CT molecular complexity index is 894.